The topological polar surface area (TPSA) is 38.0 Å². The van der Waals surface area contributed by atoms with Crippen molar-refractivity contribution < 1.29 is 0 Å². The van der Waals surface area contributed by atoms with Gasteiger partial charge < -0.3 is 11.1 Å². The van der Waals surface area contributed by atoms with Crippen molar-refractivity contribution in [2.24, 2.45) is 17.6 Å². The summed E-state index contributed by atoms with van der Waals surface area (Å²) in [5, 5.41) is 3.43. The number of rotatable bonds is 7. The van der Waals surface area contributed by atoms with Crippen molar-refractivity contribution in [3.63, 3.8) is 0 Å². The van der Waals surface area contributed by atoms with Crippen LogP contribution < -0.4 is 11.1 Å². The fourth-order valence-corrected chi connectivity index (χ4v) is 2.58. The molecule has 0 spiro atoms. The molecule has 1 saturated carbocycles. The number of allylic oxidation sites excluding steroid dienone is 3. The van der Waals surface area contributed by atoms with Gasteiger partial charge >= 0.3 is 0 Å². The van der Waals surface area contributed by atoms with Crippen molar-refractivity contribution in [2.45, 2.75) is 40.0 Å². The number of nitrogens with two attached hydrogens (primary N) is 1. The first-order valence-corrected chi connectivity index (χ1v) is 8.02. The minimum Gasteiger partial charge on any atom is -0.402 e. The quantitative estimate of drug-likeness (QED) is 0.724. The third kappa shape index (κ3) is 5.30. The summed E-state index contributed by atoms with van der Waals surface area (Å²) in [5.41, 5.74) is 10.8. The molecule has 2 nitrogen and oxygen atoms in total. The van der Waals surface area contributed by atoms with E-state index in [0.717, 1.165) is 18.7 Å². The van der Waals surface area contributed by atoms with E-state index in [4.69, 9.17) is 5.73 Å². The van der Waals surface area contributed by atoms with Gasteiger partial charge in [-0.05, 0) is 61.3 Å². The van der Waals surface area contributed by atoms with Gasteiger partial charge in [0.1, 0.15) is 0 Å². The highest BCUT2D eigenvalue weighted by Gasteiger charge is 2.25. The van der Waals surface area contributed by atoms with E-state index in [1.807, 2.05) is 6.92 Å². The first-order chi connectivity index (χ1) is 10.1. The van der Waals surface area contributed by atoms with E-state index in [9.17, 15) is 0 Å². The molecule has 3 N–H and O–H groups in total. The van der Waals surface area contributed by atoms with Crippen molar-refractivity contribution in [1.82, 2.24) is 0 Å². The Balaban J connectivity index is 1.81. The molecule has 1 aliphatic rings. The fourth-order valence-electron chi connectivity index (χ4n) is 2.58. The molecule has 1 aliphatic carbocycles. The van der Waals surface area contributed by atoms with Crippen LogP contribution in [0.3, 0.4) is 0 Å². The van der Waals surface area contributed by atoms with Gasteiger partial charge in [0, 0.05) is 17.9 Å². The summed E-state index contributed by atoms with van der Waals surface area (Å²) in [4.78, 5) is 0. The van der Waals surface area contributed by atoms with Crippen LogP contribution in [0.4, 0.5) is 5.69 Å². The average Bonchev–Trinajstić information content (AvgIpc) is 3.24. The molecule has 0 unspecified atom stereocenters. The molecule has 0 radical (unpaired) electrons. The van der Waals surface area contributed by atoms with E-state index < -0.39 is 0 Å². The molecule has 0 bridgehead atoms. The second kappa shape index (κ2) is 7.35. The predicted octanol–water partition coefficient (Wildman–Crippen LogP) is 4.50. The number of nitrogens with one attached hydrogen (secondary N) is 1. The van der Waals surface area contributed by atoms with Gasteiger partial charge in [0.25, 0.3) is 0 Å². The summed E-state index contributed by atoms with van der Waals surface area (Å²) in [5.74, 6) is 1.42. The number of hydrogen-bond donors (Lipinski definition) is 2. The molecule has 114 valence electrons. The normalized spacial score (nSPS) is 16.4. The molecule has 2 heteroatoms. The van der Waals surface area contributed by atoms with Gasteiger partial charge in [0.15, 0.2) is 0 Å². The van der Waals surface area contributed by atoms with Crippen molar-refractivity contribution in [3.05, 3.63) is 53.3 Å². The summed E-state index contributed by atoms with van der Waals surface area (Å²) in [7, 11) is 0. The number of benzene rings is 1. The van der Waals surface area contributed by atoms with Crippen molar-refractivity contribution >= 4 is 5.69 Å². The molecule has 0 saturated heterocycles. The molecule has 0 amide bonds. The first kappa shape index (κ1) is 15.7. The maximum absolute atomic E-state index is 5.94. The van der Waals surface area contributed by atoms with Crippen LogP contribution in [-0.2, 0) is 6.42 Å². The summed E-state index contributed by atoms with van der Waals surface area (Å²) >= 11 is 0. The van der Waals surface area contributed by atoms with Gasteiger partial charge in [-0.15, -0.1) is 0 Å². The zero-order valence-corrected chi connectivity index (χ0v) is 13.5. The van der Waals surface area contributed by atoms with Crippen LogP contribution >= 0.6 is 0 Å². The molecule has 21 heavy (non-hydrogen) atoms. The van der Waals surface area contributed by atoms with E-state index in [1.54, 1.807) is 0 Å². The maximum Gasteiger partial charge on any atom is 0.0342 e. The highest BCUT2D eigenvalue weighted by atomic mass is 14.8. The maximum atomic E-state index is 5.94. The van der Waals surface area contributed by atoms with Crippen LogP contribution in [0.2, 0.25) is 0 Å². The van der Waals surface area contributed by atoms with Gasteiger partial charge in [-0.3, -0.25) is 0 Å². The van der Waals surface area contributed by atoms with Crippen LogP contribution in [0.1, 0.15) is 39.2 Å². The molecular weight excluding hydrogens is 256 g/mol. The minimum absolute atomic E-state index is 0.707. The van der Waals surface area contributed by atoms with Gasteiger partial charge in [0.05, 0.1) is 0 Å². The molecular formula is C19H28N2. The Morgan fingerprint density at radius 2 is 1.95 bits per heavy atom. The molecule has 1 aromatic carbocycles. The van der Waals surface area contributed by atoms with Crippen LogP contribution in [0.5, 0.6) is 0 Å². The standard InChI is InChI=1S/C19H28N2/c1-14(2)13-16-6-10-18(11-7-16)21-12-4-5-19(15(3)20)17-8-9-17/h4-7,10-11,14,17,21H,8-9,12-13,20H2,1-3H3/b5-4-,19-15+. The van der Waals surface area contributed by atoms with E-state index in [2.05, 4.69) is 55.6 Å². The van der Waals surface area contributed by atoms with Crippen LogP contribution in [0, 0.1) is 11.8 Å². The van der Waals surface area contributed by atoms with E-state index in [-0.39, 0.29) is 0 Å². The van der Waals surface area contributed by atoms with Gasteiger partial charge in [-0.2, -0.15) is 0 Å². The average molecular weight is 284 g/mol. The molecule has 0 heterocycles. The Hall–Kier alpha value is -1.70. The Kier molecular flexibility index (Phi) is 5.49. The highest BCUT2D eigenvalue weighted by Crippen LogP contribution is 2.37. The first-order valence-electron chi connectivity index (χ1n) is 8.02. The smallest absolute Gasteiger partial charge is 0.0342 e. The third-order valence-corrected chi connectivity index (χ3v) is 3.79. The second-order valence-electron chi connectivity index (χ2n) is 6.49. The molecule has 0 aliphatic heterocycles. The molecule has 1 aromatic rings. The van der Waals surface area contributed by atoms with Crippen molar-refractivity contribution in [1.29, 1.82) is 0 Å². The summed E-state index contributed by atoms with van der Waals surface area (Å²) < 4.78 is 0. The minimum atomic E-state index is 0.707. The van der Waals surface area contributed by atoms with Crippen LogP contribution in [-0.4, -0.2) is 6.54 Å². The number of anilines is 1. The molecule has 0 atom stereocenters. The monoisotopic (exact) mass is 284 g/mol. The van der Waals surface area contributed by atoms with E-state index in [1.165, 1.54) is 29.7 Å². The fraction of sp³-hybridized carbons (Fsp3) is 0.474. The van der Waals surface area contributed by atoms with Gasteiger partial charge in [-0.1, -0.05) is 38.1 Å². The van der Waals surface area contributed by atoms with Crippen molar-refractivity contribution in [3.8, 4) is 0 Å². The molecule has 0 aromatic heterocycles. The zero-order chi connectivity index (χ0) is 15.2. The highest BCUT2D eigenvalue weighted by molar-refractivity contribution is 5.45. The lowest BCUT2D eigenvalue weighted by Crippen LogP contribution is -2.01. The Labute approximate surface area is 129 Å². The van der Waals surface area contributed by atoms with E-state index in [0.29, 0.717) is 11.8 Å². The van der Waals surface area contributed by atoms with Gasteiger partial charge in [0.2, 0.25) is 0 Å². The largest absolute Gasteiger partial charge is 0.402 e. The summed E-state index contributed by atoms with van der Waals surface area (Å²) in [6.45, 7) is 7.34. The van der Waals surface area contributed by atoms with E-state index >= 15 is 0 Å². The lowest BCUT2D eigenvalue weighted by molar-refractivity contribution is 0.647. The Morgan fingerprint density at radius 3 is 2.48 bits per heavy atom. The molecule has 1 fully saturated rings. The molecule has 2 rings (SSSR count). The number of hydrogen-bond acceptors (Lipinski definition) is 2. The SMILES string of the molecule is C/C(N)=C(/C=C\CNc1ccc(CC(C)C)cc1)C1CC1. The van der Waals surface area contributed by atoms with Gasteiger partial charge in [-0.25, -0.2) is 0 Å². The third-order valence-electron chi connectivity index (χ3n) is 3.79. The van der Waals surface area contributed by atoms with Crippen LogP contribution in [0.25, 0.3) is 0 Å². The predicted molar refractivity (Wildman–Crippen MR) is 92.2 cm³/mol. The second-order valence-corrected chi connectivity index (χ2v) is 6.49. The zero-order valence-electron chi connectivity index (χ0n) is 13.5. The summed E-state index contributed by atoms with van der Waals surface area (Å²) in [6, 6.07) is 8.76. The summed E-state index contributed by atoms with van der Waals surface area (Å²) in [6.07, 6.45) is 8.09. The lowest BCUT2D eigenvalue weighted by Gasteiger charge is -2.08. The van der Waals surface area contributed by atoms with Crippen molar-refractivity contribution in [2.75, 3.05) is 11.9 Å². The Morgan fingerprint density at radius 1 is 1.29 bits per heavy atom. The lowest BCUT2D eigenvalue weighted by atomic mass is 10.0. The Bertz CT molecular complexity index is 501. The van der Waals surface area contributed by atoms with Crippen LogP contribution in [0.15, 0.2) is 47.7 Å².